The van der Waals surface area contributed by atoms with Crippen LogP contribution < -0.4 is 9.47 Å². The van der Waals surface area contributed by atoms with Crippen LogP contribution >= 0.6 is 0 Å². The van der Waals surface area contributed by atoms with Gasteiger partial charge in [0.2, 0.25) is 6.79 Å². The molecule has 0 amide bonds. The summed E-state index contributed by atoms with van der Waals surface area (Å²) in [6.45, 7) is 0.103. The van der Waals surface area contributed by atoms with E-state index in [0.717, 1.165) is 21.8 Å². The molecular formula is C19H14N2O2. The smallest absolute Gasteiger partial charge is 0.231 e. The molecule has 4 nitrogen and oxygen atoms in total. The van der Waals surface area contributed by atoms with E-state index >= 15 is 0 Å². The third kappa shape index (κ3) is 2.66. The fraction of sp³-hybridized carbons (Fsp3) is 0.0526. The Labute approximate surface area is 133 Å². The molecule has 4 rings (SSSR count). The first-order valence-corrected chi connectivity index (χ1v) is 7.35. The molecule has 23 heavy (non-hydrogen) atoms. The lowest BCUT2D eigenvalue weighted by atomic mass is 10.2. The van der Waals surface area contributed by atoms with Crippen molar-refractivity contribution in [3.05, 3.63) is 73.1 Å². The van der Waals surface area contributed by atoms with Gasteiger partial charge in [0.15, 0.2) is 0 Å². The van der Waals surface area contributed by atoms with Crippen molar-refractivity contribution in [1.29, 1.82) is 0 Å². The number of para-hydroxylation sites is 2. The summed E-state index contributed by atoms with van der Waals surface area (Å²) >= 11 is 0. The first kappa shape index (κ1) is 13.5. The third-order valence-electron chi connectivity index (χ3n) is 3.62. The van der Waals surface area contributed by atoms with Crippen LogP contribution in [0.4, 0.5) is 0 Å². The molecule has 0 bridgehead atoms. The number of pyridine rings is 2. The molecule has 0 N–H and O–H groups in total. The van der Waals surface area contributed by atoms with E-state index < -0.39 is 0 Å². The first-order chi connectivity index (χ1) is 11.4. The number of aromatic nitrogens is 2. The summed E-state index contributed by atoms with van der Waals surface area (Å²) in [6.07, 6.45) is 3.51. The molecule has 4 heteroatoms. The van der Waals surface area contributed by atoms with Crippen molar-refractivity contribution in [3.8, 4) is 11.5 Å². The third-order valence-corrected chi connectivity index (χ3v) is 3.62. The molecule has 0 aliphatic rings. The number of nitrogens with zero attached hydrogens (tertiary/aromatic N) is 2. The van der Waals surface area contributed by atoms with Crippen LogP contribution in [0.3, 0.4) is 0 Å². The van der Waals surface area contributed by atoms with Gasteiger partial charge in [-0.25, -0.2) is 0 Å². The molecule has 2 aromatic carbocycles. The van der Waals surface area contributed by atoms with Crippen molar-refractivity contribution in [2.75, 3.05) is 6.79 Å². The van der Waals surface area contributed by atoms with Crippen molar-refractivity contribution in [2.24, 2.45) is 0 Å². The van der Waals surface area contributed by atoms with E-state index in [1.165, 1.54) is 0 Å². The van der Waals surface area contributed by atoms with Crippen LogP contribution in [-0.4, -0.2) is 16.8 Å². The zero-order chi connectivity index (χ0) is 15.5. The van der Waals surface area contributed by atoms with Crippen LogP contribution in [-0.2, 0) is 0 Å². The molecule has 0 saturated heterocycles. The Balaban J connectivity index is 1.55. The Bertz CT molecular complexity index is 879. The standard InChI is InChI=1S/C19H14N2O2/c1-5-14-7-3-11-20-18(14)16(9-1)22-13-23-17-10-2-6-15-8-4-12-21-19(15)17/h1-12H,13H2. The second-order valence-corrected chi connectivity index (χ2v) is 5.07. The Morgan fingerprint density at radius 2 is 1.09 bits per heavy atom. The molecular weight excluding hydrogens is 288 g/mol. The number of hydrogen-bond donors (Lipinski definition) is 0. The Morgan fingerprint density at radius 3 is 1.61 bits per heavy atom. The van der Waals surface area contributed by atoms with E-state index in [0.29, 0.717) is 11.5 Å². The molecule has 0 fully saturated rings. The van der Waals surface area contributed by atoms with Gasteiger partial charge in [-0.15, -0.1) is 0 Å². The van der Waals surface area contributed by atoms with Gasteiger partial charge in [-0.2, -0.15) is 0 Å². The lowest BCUT2D eigenvalue weighted by molar-refractivity contribution is 0.122. The van der Waals surface area contributed by atoms with Gasteiger partial charge in [0.1, 0.15) is 22.5 Å². The maximum atomic E-state index is 5.76. The molecule has 0 aliphatic heterocycles. The van der Waals surface area contributed by atoms with Crippen molar-refractivity contribution >= 4 is 21.8 Å². The fourth-order valence-corrected chi connectivity index (χ4v) is 2.54. The van der Waals surface area contributed by atoms with Crippen LogP contribution in [0.25, 0.3) is 21.8 Å². The minimum Gasteiger partial charge on any atom is -0.455 e. The maximum absolute atomic E-state index is 5.76. The van der Waals surface area contributed by atoms with E-state index in [2.05, 4.69) is 9.97 Å². The van der Waals surface area contributed by atoms with Gasteiger partial charge < -0.3 is 9.47 Å². The highest BCUT2D eigenvalue weighted by Crippen LogP contribution is 2.25. The largest absolute Gasteiger partial charge is 0.455 e. The predicted octanol–water partition coefficient (Wildman–Crippen LogP) is 4.20. The van der Waals surface area contributed by atoms with E-state index in [1.54, 1.807) is 12.4 Å². The SMILES string of the molecule is c1cnc2c(OCOc3cccc4cccnc34)cccc2c1. The van der Waals surface area contributed by atoms with Gasteiger partial charge in [0.05, 0.1) is 0 Å². The van der Waals surface area contributed by atoms with Crippen LogP contribution in [0.15, 0.2) is 73.1 Å². The van der Waals surface area contributed by atoms with E-state index in [9.17, 15) is 0 Å². The van der Waals surface area contributed by atoms with Gasteiger partial charge in [0, 0.05) is 23.2 Å². The Morgan fingerprint density at radius 1 is 0.609 bits per heavy atom. The maximum Gasteiger partial charge on any atom is 0.231 e. The normalized spacial score (nSPS) is 10.8. The minimum absolute atomic E-state index is 0.103. The van der Waals surface area contributed by atoms with Crippen LogP contribution in [0.1, 0.15) is 0 Å². The first-order valence-electron chi connectivity index (χ1n) is 7.35. The second-order valence-electron chi connectivity index (χ2n) is 5.07. The van der Waals surface area contributed by atoms with Crippen molar-refractivity contribution < 1.29 is 9.47 Å². The highest BCUT2D eigenvalue weighted by molar-refractivity contribution is 5.85. The quantitative estimate of drug-likeness (QED) is 0.530. The van der Waals surface area contributed by atoms with Gasteiger partial charge >= 0.3 is 0 Å². The highest BCUT2D eigenvalue weighted by Gasteiger charge is 2.05. The molecule has 0 saturated carbocycles. The number of ether oxygens (including phenoxy) is 2. The van der Waals surface area contributed by atoms with Crippen LogP contribution in [0.5, 0.6) is 11.5 Å². The lowest BCUT2D eigenvalue weighted by Crippen LogP contribution is -2.06. The molecule has 4 aromatic rings. The van der Waals surface area contributed by atoms with E-state index in [4.69, 9.17) is 9.47 Å². The number of benzene rings is 2. The highest BCUT2D eigenvalue weighted by atomic mass is 16.7. The van der Waals surface area contributed by atoms with Crippen LogP contribution in [0.2, 0.25) is 0 Å². The summed E-state index contributed by atoms with van der Waals surface area (Å²) in [5.74, 6) is 1.41. The van der Waals surface area contributed by atoms with E-state index in [1.807, 2.05) is 60.7 Å². The molecule has 2 aromatic heterocycles. The molecule has 2 heterocycles. The van der Waals surface area contributed by atoms with Crippen molar-refractivity contribution in [2.45, 2.75) is 0 Å². The molecule has 0 atom stereocenters. The summed E-state index contributed by atoms with van der Waals surface area (Å²) in [5.41, 5.74) is 1.66. The average Bonchev–Trinajstić information content (AvgIpc) is 2.62. The summed E-state index contributed by atoms with van der Waals surface area (Å²) < 4.78 is 11.5. The second kappa shape index (κ2) is 5.93. The molecule has 0 spiro atoms. The van der Waals surface area contributed by atoms with Gasteiger partial charge in [-0.3, -0.25) is 9.97 Å². The molecule has 0 unspecified atom stereocenters. The average molecular weight is 302 g/mol. The Hall–Kier alpha value is -3.14. The number of fused-ring (bicyclic) bond motifs is 2. The van der Waals surface area contributed by atoms with Gasteiger partial charge in [0.25, 0.3) is 0 Å². The molecule has 112 valence electrons. The van der Waals surface area contributed by atoms with Gasteiger partial charge in [-0.05, 0) is 24.3 Å². The number of hydrogen-bond acceptors (Lipinski definition) is 4. The van der Waals surface area contributed by atoms with E-state index in [-0.39, 0.29) is 6.79 Å². The topological polar surface area (TPSA) is 44.2 Å². The molecule has 0 radical (unpaired) electrons. The van der Waals surface area contributed by atoms with Crippen LogP contribution in [0, 0.1) is 0 Å². The monoisotopic (exact) mass is 302 g/mol. The zero-order valence-electron chi connectivity index (χ0n) is 12.3. The Kier molecular flexibility index (Phi) is 3.48. The fourth-order valence-electron chi connectivity index (χ4n) is 2.54. The lowest BCUT2D eigenvalue weighted by Gasteiger charge is -2.11. The zero-order valence-corrected chi connectivity index (χ0v) is 12.3. The summed E-state index contributed by atoms with van der Waals surface area (Å²) in [5, 5.41) is 2.08. The molecule has 0 aliphatic carbocycles. The van der Waals surface area contributed by atoms with Crippen molar-refractivity contribution in [3.63, 3.8) is 0 Å². The summed E-state index contributed by atoms with van der Waals surface area (Å²) in [7, 11) is 0. The van der Waals surface area contributed by atoms with Crippen molar-refractivity contribution in [1.82, 2.24) is 9.97 Å². The predicted molar refractivity (Wildman–Crippen MR) is 89.6 cm³/mol. The summed E-state index contributed by atoms with van der Waals surface area (Å²) in [4.78, 5) is 8.73. The van der Waals surface area contributed by atoms with Gasteiger partial charge in [-0.1, -0.05) is 36.4 Å². The summed E-state index contributed by atoms with van der Waals surface area (Å²) in [6, 6.07) is 19.5. The minimum atomic E-state index is 0.103. The number of rotatable bonds is 4.